The molecule has 0 fully saturated rings. The molecule has 0 bridgehead atoms. The molecule has 1 nitrogen and oxygen atoms in total. The van der Waals surface area contributed by atoms with Crippen molar-refractivity contribution in [3.63, 3.8) is 0 Å². The molecule has 0 aliphatic heterocycles. The van der Waals surface area contributed by atoms with E-state index in [1.165, 1.54) is 98.7 Å². The molecule has 0 saturated carbocycles. The van der Waals surface area contributed by atoms with Gasteiger partial charge >= 0.3 is 0 Å². The lowest BCUT2D eigenvalue weighted by Crippen LogP contribution is -1.94. The number of fused-ring (bicyclic) bond motifs is 4. The first-order valence-corrected chi connectivity index (χ1v) is 14.8. The van der Waals surface area contributed by atoms with E-state index >= 15 is 0 Å². The largest absolute Gasteiger partial charge is 0.380 e. The van der Waals surface area contributed by atoms with E-state index < -0.39 is 0 Å². The second kappa shape index (κ2) is 10.1. The number of methoxy groups -OCH3 is 1. The average Bonchev–Trinajstić information content (AvgIpc) is 2.96. The zero-order chi connectivity index (χ0) is 29.1. The van der Waals surface area contributed by atoms with E-state index in [0.717, 1.165) is 0 Å². The standard InChI is InChI=1S/C41H36O/c1-24-8-14-36-38(17-24)40(31-11-9-29-20-34(23-42-6)27(4)19-33(29)21-31)35-13-7-25(2)18-39(35)41(36)32-12-10-30-16-26(3)15-28(5)37(30)22-32/h7-22H,23H2,1-6H3. The summed E-state index contributed by atoms with van der Waals surface area (Å²) in [6.45, 7) is 11.6. The van der Waals surface area contributed by atoms with Gasteiger partial charge in [0.1, 0.15) is 0 Å². The summed E-state index contributed by atoms with van der Waals surface area (Å²) in [5.74, 6) is 0. The third-order valence-electron chi connectivity index (χ3n) is 8.91. The molecule has 0 saturated heterocycles. The number of aryl methyl sites for hydroxylation is 5. The molecule has 42 heavy (non-hydrogen) atoms. The highest BCUT2D eigenvalue weighted by atomic mass is 16.5. The highest BCUT2D eigenvalue weighted by Gasteiger charge is 2.18. The van der Waals surface area contributed by atoms with Crippen LogP contribution < -0.4 is 0 Å². The van der Waals surface area contributed by atoms with E-state index in [1.807, 2.05) is 0 Å². The zero-order valence-corrected chi connectivity index (χ0v) is 25.4. The summed E-state index contributed by atoms with van der Waals surface area (Å²) in [6, 6.07) is 37.0. The van der Waals surface area contributed by atoms with Crippen molar-refractivity contribution in [1.82, 2.24) is 0 Å². The quantitative estimate of drug-likeness (QED) is 0.200. The maximum atomic E-state index is 5.45. The fourth-order valence-corrected chi connectivity index (χ4v) is 6.89. The van der Waals surface area contributed by atoms with Crippen molar-refractivity contribution < 1.29 is 4.74 Å². The maximum Gasteiger partial charge on any atom is 0.0715 e. The molecule has 0 amide bonds. The van der Waals surface area contributed by atoms with E-state index in [9.17, 15) is 0 Å². The molecule has 0 heterocycles. The maximum absolute atomic E-state index is 5.45. The molecule has 7 aromatic carbocycles. The first-order chi connectivity index (χ1) is 20.3. The minimum atomic E-state index is 0.632. The molecule has 0 N–H and O–H groups in total. The SMILES string of the molecule is COCc1cc2ccc(-c3c4ccc(C)cc4c(-c4ccc5cc(C)cc(C)c5c4)c4ccc(C)cc34)cc2cc1C. The second-order valence-electron chi connectivity index (χ2n) is 12.1. The van der Waals surface area contributed by atoms with Crippen LogP contribution >= 0.6 is 0 Å². The van der Waals surface area contributed by atoms with Crippen LogP contribution in [0.15, 0.2) is 97.1 Å². The molecule has 0 unspecified atom stereocenters. The summed E-state index contributed by atoms with van der Waals surface area (Å²) in [6.07, 6.45) is 0. The van der Waals surface area contributed by atoms with Gasteiger partial charge in [-0.1, -0.05) is 95.6 Å². The van der Waals surface area contributed by atoms with Gasteiger partial charge in [0.2, 0.25) is 0 Å². The van der Waals surface area contributed by atoms with E-state index in [-0.39, 0.29) is 0 Å². The Balaban J connectivity index is 1.57. The van der Waals surface area contributed by atoms with Gasteiger partial charge in [0.25, 0.3) is 0 Å². The average molecular weight is 545 g/mol. The van der Waals surface area contributed by atoms with Crippen LogP contribution in [0, 0.1) is 34.6 Å². The van der Waals surface area contributed by atoms with E-state index in [2.05, 4.69) is 132 Å². The van der Waals surface area contributed by atoms with Crippen LogP contribution in [0.1, 0.15) is 33.4 Å². The van der Waals surface area contributed by atoms with Crippen LogP contribution in [0.4, 0.5) is 0 Å². The van der Waals surface area contributed by atoms with Crippen molar-refractivity contribution >= 4 is 43.1 Å². The lowest BCUT2D eigenvalue weighted by atomic mass is 9.84. The molecular weight excluding hydrogens is 508 g/mol. The van der Waals surface area contributed by atoms with Gasteiger partial charge in [0, 0.05) is 7.11 Å². The molecule has 0 atom stereocenters. The highest BCUT2D eigenvalue weighted by molar-refractivity contribution is 6.22. The Morgan fingerprint density at radius 3 is 1.69 bits per heavy atom. The minimum Gasteiger partial charge on any atom is -0.380 e. The van der Waals surface area contributed by atoms with Crippen molar-refractivity contribution in [2.75, 3.05) is 7.11 Å². The van der Waals surface area contributed by atoms with Crippen LogP contribution in [0.2, 0.25) is 0 Å². The first kappa shape index (κ1) is 26.4. The topological polar surface area (TPSA) is 9.23 Å². The predicted octanol–water partition coefficient (Wildman–Crippen LogP) is 11.3. The van der Waals surface area contributed by atoms with E-state index in [1.54, 1.807) is 7.11 Å². The fraction of sp³-hybridized carbons (Fsp3) is 0.171. The van der Waals surface area contributed by atoms with Crippen LogP contribution in [-0.4, -0.2) is 7.11 Å². The number of ether oxygens (including phenoxy) is 1. The molecule has 7 rings (SSSR count). The lowest BCUT2D eigenvalue weighted by Gasteiger charge is -2.20. The summed E-state index contributed by atoms with van der Waals surface area (Å²) in [5, 5.41) is 10.3. The Bertz CT molecular complexity index is 2200. The van der Waals surface area contributed by atoms with Crippen molar-refractivity contribution in [2.24, 2.45) is 0 Å². The van der Waals surface area contributed by atoms with Crippen molar-refractivity contribution in [2.45, 2.75) is 41.2 Å². The van der Waals surface area contributed by atoms with Gasteiger partial charge in [-0.15, -0.1) is 0 Å². The van der Waals surface area contributed by atoms with Gasteiger partial charge in [-0.25, -0.2) is 0 Å². The van der Waals surface area contributed by atoms with E-state index in [0.29, 0.717) is 6.61 Å². The fourth-order valence-electron chi connectivity index (χ4n) is 6.89. The van der Waals surface area contributed by atoms with Crippen molar-refractivity contribution in [3.8, 4) is 22.3 Å². The van der Waals surface area contributed by atoms with Crippen LogP contribution in [0.3, 0.4) is 0 Å². The summed E-state index contributed by atoms with van der Waals surface area (Å²) in [4.78, 5) is 0. The van der Waals surface area contributed by atoms with Crippen LogP contribution in [0.5, 0.6) is 0 Å². The normalized spacial score (nSPS) is 11.8. The van der Waals surface area contributed by atoms with Gasteiger partial charge < -0.3 is 4.74 Å². The number of hydrogen-bond acceptors (Lipinski definition) is 1. The predicted molar refractivity (Wildman–Crippen MR) is 182 cm³/mol. The Kier molecular flexibility index (Phi) is 6.37. The molecule has 0 aliphatic carbocycles. The third-order valence-corrected chi connectivity index (χ3v) is 8.91. The second-order valence-corrected chi connectivity index (χ2v) is 12.1. The Morgan fingerprint density at radius 1 is 0.429 bits per heavy atom. The van der Waals surface area contributed by atoms with Gasteiger partial charge in [-0.05, 0) is 135 Å². The molecule has 0 spiro atoms. The van der Waals surface area contributed by atoms with Crippen molar-refractivity contribution in [3.05, 3.63) is 130 Å². The Hall–Kier alpha value is -4.46. The van der Waals surface area contributed by atoms with Gasteiger partial charge in [0.15, 0.2) is 0 Å². The highest BCUT2D eigenvalue weighted by Crippen LogP contribution is 2.45. The number of rotatable bonds is 4. The molecular formula is C41H36O. The summed E-state index contributed by atoms with van der Waals surface area (Å²) in [7, 11) is 1.76. The molecule has 7 aromatic rings. The minimum absolute atomic E-state index is 0.632. The summed E-state index contributed by atoms with van der Waals surface area (Å²) < 4.78 is 5.45. The molecule has 0 aromatic heterocycles. The van der Waals surface area contributed by atoms with Crippen LogP contribution in [-0.2, 0) is 11.3 Å². The Morgan fingerprint density at radius 2 is 1.05 bits per heavy atom. The summed E-state index contributed by atoms with van der Waals surface area (Å²) >= 11 is 0. The zero-order valence-electron chi connectivity index (χ0n) is 25.4. The van der Waals surface area contributed by atoms with Gasteiger partial charge in [-0.3, -0.25) is 0 Å². The third kappa shape index (κ3) is 4.37. The molecule has 1 heteroatoms. The van der Waals surface area contributed by atoms with Crippen LogP contribution in [0.25, 0.3) is 65.3 Å². The van der Waals surface area contributed by atoms with E-state index in [4.69, 9.17) is 4.74 Å². The first-order valence-electron chi connectivity index (χ1n) is 14.8. The monoisotopic (exact) mass is 544 g/mol. The summed E-state index contributed by atoms with van der Waals surface area (Å²) in [5.41, 5.74) is 12.8. The smallest absolute Gasteiger partial charge is 0.0715 e. The van der Waals surface area contributed by atoms with Gasteiger partial charge in [0.05, 0.1) is 6.61 Å². The number of hydrogen-bond donors (Lipinski definition) is 0. The molecule has 206 valence electrons. The Labute approximate surface area is 248 Å². The molecule has 0 radical (unpaired) electrons. The number of benzene rings is 7. The lowest BCUT2D eigenvalue weighted by molar-refractivity contribution is 0.184. The van der Waals surface area contributed by atoms with Gasteiger partial charge in [-0.2, -0.15) is 0 Å². The van der Waals surface area contributed by atoms with Crippen molar-refractivity contribution in [1.29, 1.82) is 0 Å². The molecule has 0 aliphatic rings.